The zero-order chi connectivity index (χ0) is 18.4. The summed E-state index contributed by atoms with van der Waals surface area (Å²) < 4.78 is 28.8. The Bertz CT molecular complexity index is 954. The number of likely N-dealkylation sites (tertiary alicyclic amines) is 1. The Labute approximate surface area is 153 Å². The highest BCUT2D eigenvalue weighted by atomic mass is 32.1. The molecule has 5 nitrogen and oxygen atoms in total. The molecule has 2 aromatic heterocycles. The van der Waals surface area contributed by atoms with E-state index in [1.54, 1.807) is 13.0 Å². The van der Waals surface area contributed by atoms with Gasteiger partial charge in [-0.05, 0) is 49.9 Å². The molecule has 1 aliphatic heterocycles. The second-order valence-electron chi connectivity index (χ2n) is 6.96. The van der Waals surface area contributed by atoms with Crippen molar-refractivity contribution in [3.8, 4) is 5.88 Å². The molecule has 8 heteroatoms. The fraction of sp³-hybridized carbons (Fsp3) is 0.444. The smallest absolute Gasteiger partial charge is 0.230 e. The molecule has 138 valence electrons. The second kappa shape index (κ2) is 6.59. The van der Waals surface area contributed by atoms with Crippen LogP contribution in [0.2, 0.25) is 0 Å². The van der Waals surface area contributed by atoms with Gasteiger partial charge in [0.15, 0.2) is 11.6 Å². The van der Waals surface area contributed by atoms with Gasteiger partial charge in [-0.25, -0.2) is 13.8 Å². The summed E-state index contributed by atoms with van der Waals surface area (Å²) >= 11 is 1.33. The number of aryl methyl sites for hydroxylation is 1. The van der Waals surface area contributed by atoms with Gasteiger partial charge in [0.1, 0.15) is 5.82 Å². The van der Waals surface area contributed by atoms with Crippen molar-refractivity contribution in [3.05, 3.63) is 46.1 Å². The molecule has 1 aromatic carbocycles. The SMILES string of the molecule is Cc1nc2sc([C@H](c3ccc(F)c(F)c3)N3CCC[C@H](C)C3)c(O)n2n1. The molecule has 0 aliphatic carbocycles. The minimum Gasteiger partial charge on any atom is -0.492 e. The molecule has 0 amide bonds. The first-order valence-corrected chi connectivity index (χ1v) is 9.49. The molecule has 1 N–H and O–H groups in total. The van der Waals surface area contributed by atoms with Crippen LogP contribution < -0.4 is 0 Å². The van der Waals surface area contributed by atoms with Crippen molar-refractivity contribution in [1.82, 2.24) is 19.5 Å². The summed E-state index contributed by atoms with van der Waals surface area (Å²) in [5.41, 5.74) is 0.620. The molecule has 0 spiro atoms. The topological polar surface area (TPSA) is 53.7 Å². The van der Waals surface area contributed by atoms with Crippen molar-refractivity contribution in [1.29, 1.82) is 0 Å². The number of rotatable bonds is 3. The molecule has 0 unspecified atom stereocenters. The Morgan fingerprint density at radius 2 is 2.12 bits per heavy atom. The van der Waals surface area contributed by atoms with Gasteiger partial charge in [0.05, 0.1) is 10.9 Å². The molecule has 4 rings (SSSR count). The highest BCUT2D eigenvalue weighted by Gasteiger charge is 2.32. The summed E-state index contributed by atoms with van der Waals surface area (Å²) in [7, 11) is 0. The third-order valence-electron chi connectivity index (χ3n) is 4.87. The quantitative estimate of drug-likeness (QED) is 0.751. The highest BCUT2D eigenvalue weighted by molar-refractivity contribution is 7.17. The van der Waals surface area contributed by atoms with Crippen molar-refractivity contribution < 1.29 is 13.9 Å². The fourth-order valence-corrected chi connectivity index (χ4v) is 4.86. The summed E-state index contributed by atoms with van der Waals surface area (Å²) in [4.78, 5) is 7.78. The largest absolute Gasteiger partial charge is 0.492 e. The monoisotopic (exact) mass is 378 g/mol. The zero-order valence-corrected chi connectivity index (χ0v) is 15.4. The van der Waals surface area contributed by atoms with E-state index in [9.17, 15) is 13.9 Å². The fourth-order valence-electron chi connectivity index (χ4n) is 3.70. The van der Waals surface area contributed by atoms with Crippen molar-refractivity contribution in [2.24, 2.45) is 5.92 Å². The number of aromatic hydroxyl groups is 1. The molecular formula is C18H20F2N4OS. The summed E-state index contributed by atoms with van der Waals surface area (Å²) in [6, 6.07) is 3.59. The van der Waals surface area contributed by atoms with Crippen LogP contribution in [-0.4, -0.2) is 37.7 Å². The Kier molecular flexibility index (Phi) is 4.40. The number of thiazole rings is 1. The van der Waals surface area contributed by atoms with E-state index in [0.29, 0.717) is 27.1 Å². The van der Waals surface area contributed by atoms with Gasteiger partial charge in [0, 0.05) is 6.54 Å². The van der Waals surface area contributed by atoms with E-state index >= 15 is 0 Å². The van der Waals surface area contributed by atoms with Crippen LogP contribution in [-0.2, 0) is 0 Å². The average molecular weight is 378 g/mol. The minimum absolute atomic E-state index is 0.0126. The maximum absolute atomic E-state index is 13.9. The molecule has 26 heavy (non-hydrogen) atoms. The van der Waals surface area contributed by atoms with E-state index in [2.05, 4.69) is 21.9 Å². The molecule has 0 radical (unpaired) electrons. The Morgan fingerprint density at radius 1 is 1.31 bits per heavy atom. The van der Waals surface area contributed by atoms with Gasteiger partial charge < -0.3 is 5.11 Å². The first-order chi connectivity index (χ1) is 12.4. The van der Waals surface area contributed by atoms with Gasteiger partial charge in [-0.15, -0.1) is 5.10 Å². The lowest BCUT2D eigenvalue weighted by atomic mass is 9.95. The number of nitrogens with zero attached hydrogens (tertiary/aromatic N) is 4. The maximum atomic E-state index is 13.9. The van der Waals surface area contributed by atoms with Crippen LogP contribution in [0, 0.1) is 24.5 Å². The molecule has 0 saturated carbocycles. The van der Waals surface area contributed by atoms with Gasteiger partial charge in [0.2, 0.25) is 10.8 Å². The van der Waals surface area contributed by atoms with Gasteiger partial charge in [0.25, 0.3) is 0 Å². The van der Waals surface area contributed by atoms with Crippen LogP contribution in [0.1, 0.15) is 42.1 Å². The number of benzene rings is 1. The van der Waals surface area contributed by atoms with Crippen LogP contribution in [0.3, 0.4) is 0 Å². The van der Waals surface area contributed by atoms with E-state index < -0.39 is 11.6 Å². The predicted molar refractivity (Wildman–Crippen MR) is 95.4 cm³/mol. The lowest BCUT2D eigenvalue weighted by Gasteiger charge is -2.37. The van der Waals surface area contributed by atoms with Gasteiger partial charge >= 0.3 is 0 Å². The minimum atomic E-state index is -0.882. The van der Waals surface area contributed by atoms with E-state index in [-0.39, 0.29) is 11.9 Å². The number of piperidine rings is 1. The molecule has 1 aliphatic rings. The lowest BCUT2D eigenvalue weighted by Crippen LogP contribution is -2.37. The van der Waals surface area contributed by atoms with Crippen molar-refractivity contribution >= 4 is 16.3 Å². The third-order valence-corrected chi connectivity index (χ3v) is 5.94. The van der Waals surface area contributed by atoms with E-state index in [1.165, 1.54) is 21.9 Å². The molecule has 2 atom stereocenters. The first kappa shape index (κ1) is 17.4. The molecule has 0 bridgehead atoms. The van der Waals surface area contributed by atoms with E-state index in [0.717, 1.165) is 32.0 Å². The van der Waals surface area contributed by atoms with Crippen LogP contribution in [0.5, 0.6) is 5.88 Å². The third kappa shape index (κ3) is 2.97. The molecule has 3 aromatic rings. The Balaban J connectivity index is 1.84. The maximum Gasteiger partial charge on any atom is 0.230 e. The summed E-state index contributed by atoms with van der Waals surface area (Å²) in [5.74, 6) is -0.662. The van der Waals surface area contributed by atoms with Crippen molar-refractivity contribution in [2.45, 2.75) is 32.7 Å². The molecule has 3 heterocycles. The average Bonchev–Trinajstić information content (AvgIpc) is 3.09. The van der Waals surface area contributed by atoms with Gasteiger partial charge in [-0.1, -0.05) is 24.3 Å². The summed E-state index contributed by atoms with van der Waals surface area (Å²) in [6.45, 7) is 5.61. The van der Waals surface area contributed by atoms with Gasteiger partial charge in [-0.3, -0.25) is 4.90 Å². The van der Waals surface area contributed by atoms with Crippen LogP contribution in [0.4, 0.5) is 8.78 Å². The summed E-state index contributed by atoms with van der Waals surface area (Å²) in [6.07, 6.45) is 2.17. The standard InChI is InChI=1S/C18H20F2N4OS/c1-10-4-3-7-23(9-10)15(12-5-6-13(19)14(20)8-12)16-17(25)24-18(26-16)21-11(2)22-24/h5-6,8,10,15,25H,3-4,7,9H2,1-2H3/t10-,15-/m0/s1. The van der Waals surface area contributed by atoms with Gasteiger partial charge in [-0.2, -0.15) is 4.52 Å². The number of aromatic nitrogens is 3. The lowest BCUT2D eigenvalue weighted by molar-refractivity contribution is 0.149. The Morgan fingerprint density at radius 3 is 2.81 bits per heavy atom. The van der Waals surface area contributed by atoms with E-state index in [4.69, 9.17) is 0 Å². The molecule has 1 saturated heterocycles. The van der Waals surface area contributed by atoms with Crippen molar-refractivity contribution in [3.63, 3.8) is 0 Å². The number of fused-ring (bicyclic) bond motifs is 1. The van der Waals surface area contributed by atoms with Crippen molar-refractivity contribution in [2.75, 3.05) is 13.1 Å². The number of halogens is 2. The molecular weight excluding hydrogens is 358 g/mol. The predicted octanol–water partition coefficient (Wildman–Crippen LogP) is 3.90. The van der Waals surface area contributed by atoms with E-state index in [1.807, 2.05) is 0 Å². The van der Waals surface area contributed by atoms with Crippen LogP contribution in [0.25, 0.3) is 4.96 Å². The van der Waals surface area contributed by atoms with Crippen LogP contribution in [0.15, 0.2) is 18.2 Å². The highest BCUT2D eigenvalue weighted by Crippen LogP contribution is 2.41. The molecule has 1 fully saturated rings. The van der Waals surface area contributed by atoms with Crippen LogP contribution >= 0.6 is 11.3 Å². The summed E-state index contributed by atoms with van der Waals surface area (Å²) in [5, 5.41) is 14.9. The number of hydrogen-bond acceptors (Lipinski definition) is 5. The second-order valence-corrected chi connectivity index (χ2v) is 7.97. The normalized spacial score (nSPS) is 19.9. The zero-order valence-electron chi connectivity index (χ0n) is 14.6. The first-order valence-electron chi connectivity index (χ1n) is 8.68. The number of hydrogen-bond donors (Lipinski definition) is 1. The Hall–Kier alpha value is -2.06.